The van der Waals surface area contributed by atoms with Crippen LogP contribution in [-0.4, -0.2) is 72.6 Å². The molecule has 0 saturated carbocycles. The van der Waals surface area contributed by atoms with Crippen LogP contribution in [0.2, 0.25) is 0 Å². The predicted octanol–water partition coefficient (Wildman–Crippen LogP) is 2.59. The Morgan fingerprint density at radius 2 is 2.03 bits per heavy atom. The number of hydrogen-bond acceptors (Lipinski definition) is 6. The van der Waals surface area contributed by atoms with Crippen LogP contribution < -0.4 is 9.47 Å². The summed E-state index contributed by atoms with van der Waals surface area (Å²) >= 11 is 0. The lowest BCUT2D eigenvalue weighted by Crippen LogP contribution is -2.49. The molecule has 162 valence electrons. The Hall–Kier alpha value is -2.67. The Balaban J connectivity index is 1.49. The lowest BCUT2D eigenvalue weighted by Gasteiger charge is -2.37. The molecule has 0 N–H and O–H groups in total. The summed E-state index contributed by atoms with van der Waals surface area (Å²) in [7, 11) is 5.46. The molecular weight excluding hydrogens is 380 g/mol. The molecule has 0 aliphatic carbocycles. The van der Waals surface area contributed by atoms with Crippen LogP contribution in [0.1, 0.15) is 30.5 Å². The first-order valence-corrected chi connectivity index (χ1v) is 10.5. The van der Waals surface area contributed by atoms with Gasteiger partial charge in [0.2, 0.25) is 5.91 Å². The van der Waals surface area contributed by atoms with Crippen molar-refractivity contribution in [2.45, 2.75) is 38.1 Å². The van der Waals surface area contributed by atoms with Crippen LogP contribution in [0.15, 0.2) is 36.8 Å². The first kappa shape index (κ1) is 22.0. The number of carbonyl (C=O) groups is 1. The van der Waals surface area contributed by atoms with Gasteiger partial charge in [0.15, 0.2) is 11.5 Å². The van der Waals surface area contributed by atoms with Crippen LogP contribution in [0.25, 0.3) is 0 Å². The Labute approximate surface area is 179 Å². The van der Waals surface area contributed by atoms with E-state index in [2.05, 4.69) is 28.0 Å². The van der Waals surface area contributed by atoms with Gasteiger partial charge in [0.05, 0.1) is 19.9 Å². The molecule has 0 radical (unpaired) electrons. The van der Waals surface area contributed by atoms with Crippen molar-refractivity contribution in [1.82, 2.24) is 19.8 Å². The molecule has 0 spiro atoms. The molecule has 7 heteroatoms. The maximum Gasteiger partial charge on any atom is 0.223 e. The minimum Gasteiger partial charge on any atom is -0.493 e. The highest BCUT2D eigenvalue weighted by atomic mass is 16.5. The number of amides is 1. The predicted molar refractivity (Wildman–Crippen MR) is 116 cm³/mol. The number of rotatable bonds is 9. The molecular formula is C23H32N4O3. The van der Waals surface area contributed by atoms with E-state index in [1.165, 1.54) is 5.56 Å². The molecule has 3 rings (SSSR count). The Bertz CT molecular complexity index is 815. The van der Waals surface area contributed by atoms with Gasteiger partial charge >= 0.3 is 0 Å². The zero-order valence-electron chi connectivity index (χ0n) is 18.2. The van der Waals surface area contributed by atoms with Gasteiger partial charge in [-0.05, 0) is 50.4 Å². The molecule has 1 aliphatic rings. The minimum absolute atomic E-state index is 0.207. The topological polar surface area (TPSA) is 67.8 Å². The average molecular weight is 413 g/mol. The highest BCUT2D eigenvalue weighted by Gasteiger charge is 2.26. The van der Waals surface area contributed by atoms with Crippen LogP contribution in [0.4, 0.5) is 0 Å². The number of methoxy groups -OCH3 is 2. The highest BCUT2D eigenvalue weighted by molar-refractivity contribution is 5.76. The molecule has 1 aromatic heterocycles. The van der Waals surface area contributed by atoms with E-state index < -0.39 is 0 Å². The fourth-order valence-electron chi connectivity index (χ4n) is 3.92. The fraction of sp³-hybridized carbons (Fsp3) is 0.522. The van der Waals surface area contributed by atoms with Crippen LogP contribution in [0, 0.1) is 0 Å². The van der Waals surface area contributed by atoms with Crippen LogP contribution in [0.3, 0.4) is 0 Å². The van der Waals surface area contributed by atoms with Crippen LogP contribution >= 0.6 is 0 Å². The molecule has 30 heavy (non-hydrogen) atoms. The van der Waals surface area contributed by atoms with Crippen molar-refractivity contribution in [3.05, 3.63) is 48.0 Å². The zero-order valence-corrected chi connectivity index (χ0v) is 18.2. The van der Waals surface area contributed by atoms with E-state index in [1.807, 2.05) is 17.0 Å². The molecule has 1 amide bonds. The fourth-order valence-corrected chi connectivity index (χ4v) is 3.92. The third-order valence-corrected chi connectivity index (χ3v) is 5.79. The summed E-state index contributed by atoms with van der Waals surface area (Å²) in [4.78, 5) is 25.4. The summed E-state index contributed by atoms with van der Waals surface area (Å²) in [5, 5.41) is 0. The third-order valence-electron chi connectivity index (χ3n) is 5.79. The third kappa shape index (κ3) is 5.92. The first-order chi connectivity index (χ1) is 14.6. The second-order valence-electron chi connectivity index (χ2n) is 7.75. The number of hydrogen-bond donors (Lipinski definition) is 0. The van der Waals surface area contributed by atoms with Crippen LogP contribution in [-0.2, 0) is 17.6 Å². The second-order valence-corrected chi connectivity index (χ2v) is 7.75. The zero-order chi connectivity index (χ0) is 21.3. The van der Waals surface area contributed by atoms with Crippen molar-refractivity contribution in [3.63, 3.8) is 0 Å². The number of benzene rings is 1. The molecule has 1 aromatic carbocycles. The molecule has 1 saturated heterocycles. The largest absolute Gasteiger partial charge is 0.493 e. The molecule has 1 fully saturated rings. The smallest absolute Gasteiger partial charge is 0.223 e. The molecule has 2 aromatic rings. The minimum atomic E-state index is 0.207. The summed E-state index contributed by atoms with van der Waals surface area (Å²) in [6.45, 7) is 2.57. The summed E-state index contributed by atoms with van der Waals surface area (Å²) in [5.74, 6) is 1.71. The van der Waals surface area contributed by atoms with E-state index in [4.69, 9.17) is 9.47 Å². The highest BCUT2D eigenvalue weighted by Crippen LogP contribution is 2.28. The number of likely N-dealkylation sites (tertiary alicyclic amines) is 1. The van der Waals surface area contributed by atoms with Gasteiger partial charge in [0.1, 0.15) is 0 Å². The summed E-state index contributed by atoms with van der Waals surface area (Å²) in [6.07, 6.45) is 9.27. The molecule has 1 unspecified atom stereocenters. The van der Waals surface area contributed by atoms with Gasteiger partial charge in [-0.3, -0.25) is 14.8 Å². The first-order valence-electron chi connectivity index (χ1n) is 10.5. The molecule has 1 aliphatic heterocycles. The summed E-state index contributed by atoms with van der Waals surface area (Å²) in [5.41, 5.74) is 2.08. The molecule has 7 nitrogen and oxygen atoms in total. The summed E-state index contributed by atoms with van der Waals surface area (Å²) in [6, 6.07) is 6.46. The maximum absolute atomic E-state index is 12.7. The van der Waals surface area contributed by atoms with Crippen molar-refractivity contribution in [2.75, 3.05) is 40.9 Å². The Morgan fingerprint density at radius 1 is 1.20 bits per heavy atom. The van der Waals surface area contributed by atoms with E-state index in [0.717, 1.165) is 56.1 Å². The lowest BCUT2D eigenvalue weighted by molar-refractivity contribution is -0.133. The molecule has 1 atom stereocenters. The van der Waals surface area contributed by atoms with Gasteiger partial charge in [0, 0.05) is 50.7 Å². The van der Waals surface area contributed by atoms with Gasteiger partial charge in [0.25, 0.3) is 0 Å². The van der Waals surface area contributed by atoms with E-state index in [1.54, 1.807) is 32.8 Å². The van der Waals surface area contributed by atoms with Gasteiger partial charge in [-0.25, -0.2) is 0 Å². The van der Waals surface area contributed by atoms with Gasteiger partial charge in [-0.2, -0.15) is 0 Å². The monoisotopic (exact) mass is 412 g/mol. The number of aryl methyl sites for hydroxylation is 1. The Morgan fingerprint density at radius 3 is 2.77 bits per heavy atom. The number of likely N-dealkylation sites (N-methyl/N-ethyl adjacent to an activating group) is 1. The van der Waals surface area contributed by atoms with Crippen molar-refractivity contribution >= 4 is 5.91 Å². The molecule has 2 heterocycles. The van der Waals surface area contributed by atoms with Gasteiger partial charge in [-0.15, -0.1) is 0 Å². The number of piperidine rings is 1. The number of carbonyl (C=O) groups excluding carboxylic acids is 1. The standard InChI is InChI=1S/C23H32N4O3/c1-26(14-10-18-6-8-21(29-2)22(15-18)30-3)20-5-4-13-27(17-20)23(28)9-7-19-16-24-11-12-25-19/h6,8,11-12,15-16,20H,4-5,7,9-10,13-14,17H2,1-3H3. The normalized spacial score (nSPS) is 16.5. The molecule has 0 bridgehead atoms. The van der Waals surface area contributed by atoms with E-state index >= 15 is 0 Å². The van der Waals surface area contributed by atoms with Crippen molar-refractivity contribution in [3.8, 4) is 11.5 Å². The quantitative estimate of drug-likeness (QED) is 0.631. The average Bonchev–Trinajstić information content (AvgIpc) is 2.81. The summed E-state index contributed by atoms with van der Waals surface area (Å²) < 4.78 is 10.7. The van der Waals surface area contributed by atoms with E-state index in [-0.39, 0.29) is 5.91 Å². The maximum atomic E-state index is 12.7. The number of ether oxygens (including phenoxy) is 2. The van der Waals surface area contributed by atoms with Gasteiger partial charge < -0.3 is 19.3 Å². The van der Waals surface area contributed by atoms with Gasteiger partial charge in [-0.1, -0.05) is 6.07 Å². The number of nitrogens with zero attached hydrogens (tertiary/aromatic N) is 4. The number of aromatic nitrogens is 2. The van der Waals surface area contributed by atoms with Crippen molar-refractivity contribution in [2.24, 2.45) is 0 Å². The lowest BCUT2D eigenvalue weighted by atomic mass is 10.0. The second kappa shape index (κ2) is 10.9. The van der Waals surface area contributed by atoms with E-state index in [0.29, 0.717) is 18.9 Å². The van der Waals surface area contributed by atoms with Crippen LogP contribution in [0.5, 0.6) is 11.5 Å². The van der Waals surface area contributed by atoms with E-state index in [9.17, 15) is 4.79 Å². The van der Waals surface area contributed by atoms with Crippen molar-refractivity contribution in [1.29, 1.82) is 0 Å². The SMILES string of the molecule is COc1ccc(CCN(C)C2CCCN(C(=O)CCc3cnccn3)C2)cc1OC. The Kier molecular flexibility index (Phi) is 8.02. The van der Waals surface area contributed by atoms with Crippen molar-refractivity contribution < 1.29 is 14.3 Å².